The molecular weight excluding hydrogens is 180 g/mol. The van der Waals surface area contributed by atoms with Gasteiger partial charge in [-0.25, -0.2) is 0 Å². The lowest BCUT2D eigenvalue weighted by Gasteiger charge is -2.31. The normalized spacial score (nSPS) is 18.8. The predicted molar refractivity (Wildman–Crippen MR) is 55.1 cm³/mol. The van der Waals surface area contributed by atoms with Crippen LogP contribution in [0.2, 0.25) is 0 Å². The first kappa shape index (κ1) is 11.5. The highest BCUT2D eigenvalue weighted by atomic mass is 16.5. The minimum atomic E-state index is -0.0937. The lowest BCUT2D eigenvalue weighted by molar-refractivity contribution is -0.133. The second-order valence-corrected chi connectivity index (χ2v) is 3.63. The number of ether oxygens (including phenoxy) is 1. The van der Waals surface area contributed by atoms with Crippen molar-refractivity contribution >= 4 is 5.91 Å². The highest BCUT2D eigenvalue weighted by Gasteiger charge is 2.25. The van der Waals surface area contributed by atoms with Gasteiger partial charge in [-0.2, -0.15) is 0 Å². The molecular formula is C10H20N2O2. The van der Waals surface area contributed by atoms with E-state index in [0.29, 0.717) is 6.04 Å². The van der Waals surface area contributed by atoms with E-state index in [-0.39, 0.29) is 11.9 Å². The summed E-state index contributed by atoms with van der Waals surface area (Å²) in [5.41, 5.74) is 0. The standard InChI is InChI=1S/C10H20N2O2/c1-4-12(5-2)10(13)8(3)11-9-6-14-7-9/h8-9,11H,4-7H2,1-3H3. The maximum absolute atomic E-state index is 11.8. The molecule has 1 fully saturated rings. The molecule has 1 aliphatic heterocycles. The Morgan fingerprint density at radius 2 is 2.07 bits per heavy atom. The first-order valence-electron chi connectivity index (χ1n) is 5.31. The average Bonchev–Trinajstić information content (AvgIpc) is 2.12. The lowest BCUT2D eigenvalue weighted by Crippen LogP contribution is -2.54. The Kier molecular flexibility index (Phi) is 4.35. The van der Waals surface area contributed by atoms with Crippen molar-refractivity contribution in [2.24, 2.45) is 0 Å². The fourth-order valence-corrected chi connectivity index (χ4v) is 1.57. The van der Waals surface area contributed by atoms with Crippen LogP contribution < -0.4 is 5.32 Å². The summed E-state index contributed by atoms with van der Waals surface area (Å²) in [6.07, 6.45) is 0. The van der Waals surface area contributed by atoms with Gasteiger partial charge < -0.3 is 9.64 Å². The number of hydrogen-bond acceptors (Lipinski definition) is 3. The van der Waals surface area contributed by atoms with Gasteiger partial charge in [0.25, 0.3) is 0 Å². The first-order chi connectivity index (χ1) is 6.69. The molecule has 1 heterocycles. The number of likely N-dealkylation sites (N-methyl/N-ethyl adjacent to an activating group) is 1. The number of carbonyl (C=O) groups is 1. The second kappa shape index (κ2) is 5.32. The van der Waals surface area contributed by atoms with Crippen LogP contribution in [0.1, 0.15) is 20.8 Å². The second-order valence-electron chi connectivity index (χ2n) is 3.63. The van der Waals surface area contributed by atoms with Crippen molar-refractivity contribution in [1.82, 2.24) is 10.2 Å². The number of nitrogens with one attached hydrogen (secondary N) is 1. The van der Waals surface area contributed by atoms with Gasteiger partial charge in [-0.3, -0.25) is 10.1 Å². The number of rotatable bonds is 5. The Morgan fingerprint density at radius 3 is 2.43 bits per heavy atom. The van der Waals surface area contributed by atoms with Crippen molar-refractivity contribution in [2.45, 2.75) is 32.9 Å². The molecule has 1 N–H and O–H groups in total. The zero-order valence-corrected chi connectivity index (χ0v) is 9.25. The molecule has 0 aromatic rings. The van der Waals surface area contributed by atoms with Crippen LogP contribution in [0.15, 0.2) is 0 Å². The van der Waals surface area contributed by atoms with Crippen molar-refractivity contribution in [2.75, 3.05) is 26.3 Å². The molecule has 1 aliphatic rings. The Labute approximate surface area is 85.6 Å². The van der Waals surface area contributed by atoms with Crippen LogP contribution in [0, 0.1) is 0 Å². The summed E-state index contributed by atoms with van der Waals surface area (Å²) < 4.78 is 5.04. The Bertz CT molecular complexity index is 189. The van der Waals surface area contributed by atoms with Gasteiger partial charge in [-0.05, 0) is 20.8 Å². The van der Waals surface area contributed by atoms with E-state index in [0.717, 1.165) is 26.3 Å². The van der Waals surface area contributed by atoms with E-state index in [2.05, 4.69) is 5.32 Å². The predicted octanol–water partition coefficient (Wildman–Crippen LogP) is 0.232. The van der Waals surface area contributed by atoms with Crippen molar-refractivity contribution in [3.63, 3.8) is 0 Å². The van der Waals surface area contributed by atoms with E-state index < -0.39 is 0 Å². The lowest BCUT2D eigenvalue weighted by atomic mass is 10.2. The quantitative estimate of drug-likeness (QED) is 0.691. The molecule has 4 nitrogen and oxygen atoms in total. The smallest absolute Gasteiger partial charge is 0.239 e. The van der Waals surface area contributed by atoms with Gasteiger partial charge in [0, 0.05) is 13.1 Å². The van der Waals surface area contributed by atoms with Crippen LogP contribution in [0.5, 0.6) is 0 Å². The van der Waals surface area contributed by atoms with E-state index in [4.69, 9.17) is 4.74 Å². The number of amides is 1. The third-order valence-electron chi connectivity index (χ3n) is 2.57. The van der Waals surface area contributed by atoms with Gasteiger partial charge in [0.1, 0.15) is 0 Å². The van der Waals surface area contributed by atoms with E-state index in [1.807, 2.05) is 25.7 Å². The van der Waals surface area contributed by atoms with Crippen LogP contribution >= 0.6 is 0 Å². The molecule has 0 spiro atoms. The van der Waals surface area contributed by atoms with Crippen LogP contribution in [-0.2, 0) is 9.53 Å². The molecule has 82 valence electrons. The number of nitrogens with zero attached hydrogens (tertiary/aromatic N) is 1. The molecule has 1 atom stereocenters. The average molecular weight is 200 g/mol. The molecule has 1 saturated heterocycles. The molecule has 0 radical (unpaired) electrons. The van der Waals surface area contributed by atoms with E-state index >= 15 is 0 Å². The van der Waals surface area contributed by atoms with Gasteiger partial charge in [0.2, 0.25) is 5.91 Å². The molecule has 0 saturated carbocycles. The summed E-state index contributed by atoms with van der Waals surface area (Å²) in [7, 11) is 0. The molecule has 14 heavy (non-hydrogen) atoms. The molecule has 0 aliphatic carbocycles. The maximum Gasteiger partial charge on any atom is 0.239 e. The summed E-state index contributed by atoms with van der Waals surface area (Å²) in [6, 6.07) is 0.272. The largest absolute Gasteiger partial charge is 0.378 e. The van der Waals surface area contributed by atoms with Crippen molar-refractivity contribution in [1.29, 1.82) is 0 Å². The Hall–Kier alpha value is -0.610. The topological polar surface area (TPSA) is 41.6 Å². The minimum Gasteiger partial charge on any atom is -0.378 e. The molecule has 4 heteroatoms. The van der Waals surface area contributed by atoms with Crippen LogP contribution in [-0.4, -0.2) is 49.2 Å². The molecule has 1 unspecified atom stereocenters. The molecule has 0 aromatic carbocycles. The summed E-state index contributed by atoms with van der Waals surface area (Å²) in [4.78, 5) is 13.6. The molecule has 1 rings (SSSR count). The monoisotopic (exact) mass is 200 g/mol. The highest BCUT2D eigenvalue weighted by Crippen LogP contribution is 2.03. The third kappa shape index (κ3) is 2.69. The Balaban J connectivity index is 2.33. The first-order valence-corrected chi connectivity index (χ1v) is 5.31. The maximum atomic E-state index is 11.8. The van der Waals surface area contributed by atoms with Crippen LogP contribution in [0.4, 0.5) is 0 Å². The fraction of sp³-hybridized carbons (Fsp3) is 0.900. The zero-order chi connectivity index (χ0) is 10.6. The van der Waals surface area contributed by atoms with Crippen molar-refractivity contribution < 1.29 is 9.53 Å². The van der Waals surface area contributed by atoms with E-state index in [1.54, 1.807) is 0 Å². The number of hydrogen-bond donors (Lipinski definition) is 1. The molecule has 0 bridgehead atoms. The minimum absolute atomic E-state index is 0.0937. The van der Waals surface area contributed by atoms with Crippen LogP contribution in [0.25, 0.3) is 0 Å². The summed E-state index contributed by atoms with van der Waals surface area (Å²) in [5, 5.41) is 3.25. The van der Waals surface area contributed by atoms with Crippen molar-refractivity contribution in [3.8, 4) is 0 Å². The van der Waals surface area contributed by atoms with Gasteiger partial charge in [0.05, 0.1) is 25.3 Å². The summed E-state index contributed by atoms with van der Waals surface area (Å²) in [6.45, 7) is 8.94. The summed E-state index contributed by atoms with van der Waals surface area (Å²) in [5.74, 6) is 0.182. The SMILES string of the molecule is CCN(CC)C(=O)C(C)NC1COC1. The van der Waals surface area contributed by atoms with Gasteiger partial charge in [-0.1, -0.05) is 0 Å². The fourth-order valence-electron chi connectivity index (χ4n) is 1.57. The third-order valence-corrected chi connectivity index (χ3v) is 2.57. The number of carbonyl (C=O) groups excluding carboxylic acids is 1. The highest BCUT2D eigenvalue weighted by molar-refractivity contribution is 5.81. The van der Waals surface area contributed by atoms with Gasteiger partial charge in [-0.15, -0.1) is 0 Å². The van der Waals surface area contributed by atoms with Crippen LogP contribution in [0.3, 0.4) is 0 Å². The van der Waals surface area contributed by atoms with Crippen molar-refractivity contribution in [3.05, 3.63) is 0 Å². The van der Waals surface area contributed by atoms with Gasteiger partial charge in [0.15, 0.2) is 0 Å². The zero-order valence-electron chi connectivity index (χ0n) is 9.25. The van der Waals surface area contributed by atoms with Gasteiger partial charge >= 0.3 is 0 Å². The van der Waals surface area contributed by atoms with E-state index in [1.165, 1.54) is 0 Å². The summed E-state index contributed by atoms with van der Waals surface area (Å²) >= 11 is 0. The van der Waals surface area contributed by atoms with E-state index in [9.17, 15) is 4.79 Å². The Morgan fingerprint density at radius 1 is 1.50 bits per heavy atom. The molecule has 0 aromatic heterocycles. The molecule has 1 amide bonds.